The van der Waals surface area contributed by atoms with Crippen LogP contribution in [0.2, 0.25) is 0 Å². The van der Waals surface area contributed by atoms with E-state index in [1.54, 1.807) is 0 Å². The van der Waals surface area contributed by atoms with Crippen LogP contribution in [0.3, 0.4) is 0 Å². The Kier molecular flexibility index (Phi) is 4.38. The lowest BCUT2D eigenvalue weighted by Gasteiger charge is -2.20. The van der Waals surface area contributed by atoms with Crippen LogP contribution >= 0.6 is 15.9 Å². The van der Waals surface area contributed by atoms with Crippen LogP contribution < -0.4 is 0 Å². The molecule has 1 rings (SSSR count). The van der Waals surface area contributed by atoms with Crippen molar-refractivity contribution in [2.24, 2.45) is 0 Å². The molecule has 0 N–H and O–H groups in total. The first kappa shape index (κ1) is 14.7. The van der Waals surface area contributed by atoms with E-state index in [2.05, 4.69) is 36.7 Å². The molecule has 0 aromatic heterocycles. The van der Waals surface area contributed by atoms with Crippen molar-refractivity contribution in [3.63, 3.8) is 0 Å². The summed E-state index contributed by atoms with van der Waals surface area (Å²) in [7, 11) is -3.40. The van der Waals surface area contributed by atoms with E-state index in [9.17, 15) is 8.42 Å². The number of hydrogen-bond acceptors (Lipinski definition) is 3. The summed E-state index contributed by atoms with van der Waals surface area (Å²) in [6, 6.07) is 5.86. The minimum absolute atomic E-state index is 0.0175. The second kappa shape index (κ2) is 5.08. The molecule has 0 fully saturated rings. The zero-order chi connectivity index (χ0) is 13.3. The lowest BCUT2D eigenvalue weighted by molar-refractivity contribution is 0.311. The fourth-order valence-electron chi connectivity index (χ4n) is 1.34. The number of hydrogen-bond donors (Lipinski definition) is 0. The topological polar surface area (TPSA) is 43.4 Å². The fraction of sp³-hybridized carbons (Fsp3) is 0.500. The van der Waals surface area contributed by atoms with Crippen LogP contribution in [0.5, 0.6) is 0 Å². The van der Waals surface area contributed by atoms with E-state index in [4.69, 9.17) is 4.18 Å². The molecule has 0 aliphatic heterocycles. The van der Waals surface area contributed by atoms with Crippen LogP contribution in [-0.2, 0) is 26.3 Å². The van der Waals surface area contributed by atoms with Crippen molar-refractivity contribution in [1.29, 1.82) is 0 Å². The summed E-state index contributed by atoms with van der Waals surface area (Å²) in [6.07, 6.45) is 1.05. The minimum atomic E-state index is -3.40. The van der Waals surface area contributed by atoms with Crippen LogP contribution in [0.1, 0.15) is 31.9 Å². The molecule has 0 bridgehead atoms. The largest absolute Gasteiger partial charge is 0.265 e. The summed E-state index contributed by atoms with van der Waals surface area (Å²) < 4.78 is 27.6. The first-order valence-corrected chi connectivity index (χ1v) is 7.83. The van der Waals surface area contributed by atoms with Gasteiger partial charge in [-0.25, -0.2) is 0 Å². The van der Waals surface area contributed by atoms with Crippen molar-refractivity contribution in [1.82, 2.24) is 0 Å². The van der Waals surface area contributed by atoms with Crippen LogP contribution in [0.15, 0.2) is 22.7 Å². The number of halogens is 1. The average Bonchev–Trinajstić information content (AvgIpc) is 2.11. The summed E-state index contributed by atoms with van der Waals surface area (Å²) in [5.41, 5.74) is 2.00. The second-order valence-electron chi connectivity index (χ2n) is 5.06. The molecule has 5 heteroatoms. The Morgan fingerprint density at radius 2 is 1.82 bits per heavy atom. The molecule has 0 unspecified atom stereocenters. The SMILES string of the molecule is CC(C)(C)c1cc(Br)cc(COS(C)(=O)=O)c1. The molecular weight excluding hydrogens is 304 g/mol. The van der Waals surface area contributed by atoms with E-state index >= 15 is 0 Å². The van der Waals surface area contributed by atoms with Gasteiger partial charge in [0.2, 0.25) is 0 Å². The summed E-state index contributed by atoms with van der Waals surface area (Å²) >= 11 is 3.42. The normalized spacial score (nSPS) is 12.8. The molecule has 0 spiro atoms. The highest BCUT2D eigenvalue weighted by Gasteiger charge is 2.15. The fourth-order valence-corrected chi connectivity index (χ4v) is 2.23. The van der Waals surface area contributed by atoms with Crippen LogP contribution in [0.4, 0.5) is 0 Å². The highest BCUT2D eigenvalue weighted by atomic mass is 79.9. The van der Waals surface area contributed by atoms with Crippen molar-refractivity contribution < 1.29 is 12.6 Å². The van der Waals surface area contributed by atoms with Crippen molar-refractivity contribution in [3.8, 4) is 0 Å². The molecule has 0 saturated heterocycles. The van der Waals surface area contributed by atoms with Gasteiger partial charge < -0.3 is 0 Å². The van der Waals surface area contributed by atoms with Gasteiger partial charge in [-0.05, 0) is 28.7 Å². The summed E-state index contributed by atoms with van der Waals surface area (Å²) in [4.78, 5) is 0. The third kappa shape index (κ3) is 5.19. The van der Waals surface area contributed by atoms with E-state index in [1.165, 1.54) is 0 Å². The maximum absolute atomic E-state index is 10.9. The van der Waals surface area contributed by atoms with Gasteiger partial charge in [0.25, 0.3) is 10.1 Å². The zero-order valence-corrected chi connectivity index (χ0v) is 12.9. The van der Waals surface area contributed by atoms with Gasteiger partial charge in [-0.1, -0.05) is 42.8 Å². The van der Waals surface area contributed by atoms with Crippen molar-refractivity contribution in [2.45, 2.75) is 32.8 Å². The van der Waals surface area contributed by atoms with E-state index < -0.39 is 10.1 Å². The Morgan fingerprint density at radius 1 is 1.24 bits per heavy atom. The molecule has 1 aromatic carbocycles. The van der Waals surface area contributed by atoms with Crippen LogP contribution in [0, 0.1) is 0 Å². The quantitative estimate of drug-likeness (QED) is 0.803. The van der Waals surface area contributed by atoms with Gasteiger partial charge in [-0.2, -0.15) is 8.42 Å². The maximum atomic E-state index is 10.9. The van der Waals surface area contributed by atoms with Gasteiger partial charge in [-0.15, -0.1) is 0 Å². The molecule has 0 radical (unpaired) electrons. The number of rotatable bonds is 3. The van der Waals surface area contributed by atoms with Gasteiger partial charge in [0.1, 0.15) is 0 Å². The monoisotopic (exact) mass is 320 g/mol. The maximum Gasteiger partial charge on any atom is 0.264 e. The predicted octanol–water partition coefficient (Wildman–Crippen LogP) is 3.22. The van der Waals surface area contributed by atoms with Gasteiger partial charge in [0.15, 0.2) is 0 Å². The Labute approximate surface area is 111 Å². The van der Waals surface area contributed by atoms with E-state index in [-0.39, 0.29) is 12.0 Å². The molecule has 96 valence electrons. The molecule has 0 saturated carbocycles. The van der Waals surface area contributed by atoms with Crippen molar-refractivity contribution in [2.75, 3.05) is 6.26 Å². The molecule has 0 aliphatic carbocycles. The first-order valence-electron chi connectivity index (χ1n) is 5.22. The van der Waals surface area contributed by atoms with Crippen molar-refractivity contribution >= 4 is 26.0 Å². The van der Waals surface area contributed by atoms with E-state index in [1.807, 2.05) is 18.2 Å². The van der Waals surface area contributed by atoms with Crippen molar-refractivity contribution in [3.05, 3.63) is 33.8 Å². The lowest BCUT2D eigenvalue weighted by Crippen LogP contribution is -2.12. The molecule has 1 aromatic rings. The minimum Gasteiger partial charge on any atom is -0.265 e. The zero-order valence-electron chi connectivity index (χ0n) is 10.5. The molecule has 0 atom stereocenters. The second-order valence-corrected chi connectivity index (χ2v) is 7.62. The van der Waals surface area contributed by atoms with E-state index in [0.29, 0.717) is 0 Å². The predicted molar refractivity (Wildman–Crippen MR) is 72.5 cm³/mol. The Balaban J connectivity index is 2.98. The van der Waals surface area contributed by atoms with Crippen LogP contribution in [0.25, 0.3) is 0 Å². The third-order valence-electron chi connectivity index (χ3n) is 2.26. The van der Waals surface area contributed by atoms with Gasteiger partial charge in [-0.3, -0.25) is 4.18 Å². The van der Waals surface area contributed by atoms with E-state index in [0.717, 1.165) is 21.9 Å². The lowest BCUT2D eigenvalue weighted by atomic mass is 9.86. The van der Waals surface area contributed by atoms with Gasteiger partial charge in [0.05, 0.1) is 12.9 Å². The van der Waals surface area contributed by atoms with Crippen LogP contribution in [-0.4, -0.2) is 14.7 Å². The Bertz CT molecular complexity index is 501. The number of benzene rings is 1. The standard InChI is InChI=1S/C12H17BrO3S/c1-12(2,3)10-5-9(6-11(13)7-10)8-16-17(4,14)15/h5-7H,8H2,1-4H3. The molecular formula is C12H17BrO3S. The Hall–Kier alpha value is -0.390. The molecule has 0 heterocycles. The summed E-state index contributed by atoms with van der Waals surface area (Å²) in [5.74, 6) is 0. The highest BCUT2D eigenvalue weighted by Crippen LogP contribution is 2.27. The average molecular weight is 321 g/mol. The van der Waals surface area contributed by atoms with Gasteiger partial charge in [0, 0.05) is 4.47 Å². The third-order valence-corrected chi connectivity index (χ3v) is 3.27. The first-order chi connectivity index (χ1) is 7.58. The summed E-state index contributed by atoms with van der Waals surface area (Å²) in [5, 5.41) is 0. The van der Waals surface area contributed by atoms with Gasteiger partial charge >= 0.3 is 0 Å². The Morgan fingerprint density at radius 3 is 2.29 bits per heavy atom. The molecule has 17 heavy (non-hydrogen) atoms. The molecule has 3 nitrogen and oxygen atoms in total. The molecule has 0 aliphatic rings. The highest BCUT2D eigenvalue weighted by molar-refractivity contribution is 9.10. The smallest absolute Gasteiger partial charge is 0.264 e. The molecule has 0 amide bonds. The summed E-state index contributed by atoms with van der Waals surface area (Å²) in [6.45, 7) is 6.39.